The topological polar surface area (TPSA) is 124 Å². The zero-order valence-electron chi connectivity index (χ0n) is 14.5. The number of aromatic nitrogens is 4. The molecule has 0 bridgehead atoms. The second-order valence-corrected chi connectivity index (χ2v) is 8.44. The minimum absolute atomic E-state index is 0.0492. The minimum atomic E-state index is -3.58. The third-order valence-corrected chi connectivity index (χ3v) is 6.81. The molecule has 0 saturated carbocycles. The van der Waals surface area contributed by atoms with Crippen LogP contribution in [0, 0.1) is 0 Å². The molecule has 0 atom stereocenters. The van der Waals surface area contributed by atoms with Crippen LogP contribution in [0.3, 0.4) is 0 Å². The van der Waals surface area contributed by atoms with E-state index in [2.05, 4.69) is 15.4 Å². The first-order valence-electron chi connectivity index (χ1n) is 8.34. The Labute approximate surface area is 154 Å². The van der Waals surface area contributed by atoms with Crippen LogP contribution in [-0.4, -0.2) is 57.5 Å². The first kappa shape index (κ1) is 17.5. The lowest BCUT2D eigenvalue weighted by atomic mass is 10.1. The van der Waals surface area contributed by atoms with Crippen LogP contribution in [0.2, 0.25) is 0 Å². The number of aryl methyl sites for hydroxylation is 1. The van der Waals surface area contributed by atoms with Crippen molar-refractivity contribution in [3.8, 4) is 11.5 Å². The fraction of sp³-hybridized carbons (Fsp3) is 0.375. The van der Waals surface area contributed by atoms with E-state index in [9.17, 15) is 13.2 Å². The van der Waals surface area contributed by atoms with Crippen molar-refractivity contribution in [2.24, 2.45) is 7.05 Å². The molecule has 1 saturated heterocycles. The Bertz CT molecular complexity index is 1040. The molecule has 0 spiro atoms. The lowest BCUT2D eigenvalue weighted by Crippen LogP contribution is -2.43. The molecule has 10 nitrogen and oxygen atoms in total. The molecule has 3 aromatic heterocycles. The zero-order valence-corrected chi connectivity index (χ0v) is 15.3. The van der Waals surface area contributed by atoms with Crippen LogP contribution in [0.4, 0.5) is 0 Å². The average Bonchev–Trinajstić information content (AvgIpc) is 3.41. The highest BCUT2D eigenvalue weighted by atomic mass is 32.2. The molecule has 3 aromatic rings. The maximum atomic E-state index is 12.7. The quantitative estimate of drug-likeness (QED) is 0.648. The summed E-state index contributed by atoms with van der Waals surface area (Å²) in [4.78, 5) is 14.2. The molecule has 11 heteroatoms. The Morgan fingerprint density at radius 1 is 1.26 bits per heavy atom. The lowest BCUT2D eigenvalue weighted by molar-refractivity contribution is 0.0715. The van der Waals surface area contributed by atoms with Gasteiger partial charge in [0.25, 0.3) is 5.91 Å². The Hall–Kier alpha value is -2.95. The predicted octanol–water partition coefficient (Wildman–Crippen LogP) is 1.14. The second-order valence-electron chi connectivity index (χ2n) is 6.31. The molecule has 4 heterocycles. The van der Waals surface area contributed by atoms with Crippen molar-refractivity contribution in [3.05, 3.63) is 36.5 Å². The number of hydrogen-bond acceptors (Lipinski definition) is 8. The van der Waals surface area contributed by atoms with Crippen molar-refractivity contribution >= 4 is 15.7 Å². The van der Waals surface area contributed by atoms with Gasteiger partial charge >= 0.3 is 0 Å². The Morgan fingerprint density at radius 2 is 2.04 bits per heavy atom. The highest BCUT2D eigenvalue weighted by Gasteiger charge is 2.36. The first-order valence-corrected chi connectivity index (χ1v) is 9.89. The van der Waals surface area contributed by atoms with Crippen molar-refractivity contribution in [3.63, 3.8) is 0 Å². The maximum Gasteiger partial charge on any atom is 0.276 e. The molecule has 0 N–H and O–H groups in total. The largest absolute Gasteiger partial charge is 0.461 e. The van der Waals surface area contributed by atoms with E-state index in [-0.39, 0.29) is 16.8 Å². The number of sulfone groups is 1. The normalized spacial score (nSPS) is 16.0. The SMILES string of the molecule is Cn1cnnc1S(=O)(=O)C1CCN(C(=O)c2cc(-c3ccco3)on2)CC1. The van der Waals surface area contributed by atoms with Crippen molar-refractivity contribution in [1.29, 1.82) is 0 Å². The minimum Gasteiger partial charge on any atom is -0.461 e. The molecule has 1 fully saturated rings. The fourth-order valence-electron chi connectivity index (χ4n) is 3.12. The summed E-state index contributed by atoms with van der Waals surface area (Å²) in [6.07, 6.45) is 3.50. The van der Waals surface area contributed by atoms with Gasteiger partial charge in [-0.2, -0.15) is 0 Å². The summed E-state index contributed by atoms with van der Waals surface area (Å²) in [5.41, 5.74) is 0.163. The van der Waals surface area contributed by atoms with Crippen LogP contribution in [0.25, 0.3) is 11.5 Å². The molecule has 1 amide bonds. The molecule has 1 aliphatic rings. The third kappa shape index (κ3) is 3.14. The fourth-order valence-corrected chi connectivity index (χ4v) is 4.86. The van der Waals surface area contributed by atoms with Gasteiger partial charge in [-0.3, -0.25) is 4.79 Å². The van der Waals surface area contributed by atoms with Crippen molar-refractivity contribution in [1.82, 2.24) is 24.8 Å². The number of amides is 1. The van der Waals surface area contributed by atoms with Crippen LogP contribution in [0.15, 0.2) is 44.9 Å². The van der Waals surface area contributed by atoms with Crippen LogP contribution in [0.1, 0.15) is 23.3 Å². The number of furan rings is 1. The second kappa shape index (κ2) is 6.65. The summed E-state index contributed by atoms with van der Waals surface area (Å²) in [5.74, 6) is 0.546. The number of rotatable bonds is 4. The Balaban J connectivity index is 1.43. The molecule has 1 aliphatic heterocycles. The monoisotopic (exact) mass is 391 g/mol. The summed E-state index contributed by atoms with van der Waals surface area (Å²) in [6.45, 7) is 0.618. The van der Waals surface area contributed by atoms with E-state index < -0.39 is 15.1 Å². The van der Waals surface area contributed by atoms with E-state index in [1.54, 1.807) is 24.1 Å². The van der Waals surface area contributed by atoms with Crippen molar-refractivity contribution in [2.75, 3.05) is 13.1 Å². The van der Waals surface area contributed by atoms with Gasteiger partial charge in [-0.05, 0) is 25.0 Å². The van der Waals surface area contributed by atoms with Crippen molar-refractivity contribution in [2.45, 2.75) is 23.2 Å². The van der Waals surface area contributed by atoms with Crippen LogP contribution < -0.4 is 0 Å². The van der Waals surface area contributed by atoms with Gasteiger partial charge in [0, 0.05) is 26.2 Å². The number of hydrogen-bond donors (Lipinski definition) is 0. The number of carbonyl (C=O) groups is 1. The predicted molar refractivity (Wildman–Crippen MR) is 91.3 cm³/mol. The van der Waals surface area contributed by atoms with E-state index in [0.717, 1.165) is 0 Å². The molecular weight excluding hydrogens is 374 g/mol. The van der Waals surface area contributed by atoms with Gasteiger partial charge in [0.15, 0.2) is 11.5 Å². The smallest absolute Gasteiger partial charge is 0.276 e. The molecule has 4 rings (SSSR count). The van der Waals surface area contributed by atoms with Gasteiger partial charge in [0.1, 0.15) is 6.33 Å². The average molecular weight is 391 g/mol. The summed E-state index contributed by atoms with van der Waals surface area (Å²) >= 11 is 0. The first-order chi connectivity index (χ1) is 13.0. The molecule has 0 aromatic carbocycles. The molecule has 0 aliphatic carbocycles. The summed E-state index contributed by atoms with van der Waals surface area (Å²) in [5, 5.41) is 10.5. The maximum absolute atomic E-state index is 12.7. The highest BCUT2D eigenvalue weighted by Crippen LogP contribution is 2.25. The number of likely N-dealkylation sites (tertiary alicyclic amines) is 1. The number of carbonyl (C=O) groups excluding carboxylic acids is 1. The Morgan fingerprint density at radius 3 is 2.67 bits per heavy atom. The molecule has 0 radical (unpaired) electrons. The standard InChI is InChI=1S/C16H17N5O5S/c1-20-10-17-18-16(20)27(23,24)11-4-6-21(7-5-11)15(22)12-9-14(26-19-12)13-3-2-8-25-13/h2-3,8-11H,4-7H2,1H3. The Kier molecular flexibility index (Phi) is 4.30. The van der Waals surface area contributed by atoms with E-state index in [1.165, 1.54) is 23.2 Å². The number of piperidine rings is 1. The van der Waals surface area contributed by atoms with Gasteiger partial charge in [-0.1, -0.05) is 5.16 Å². The highest BCUT2D eigenvalue weighted by molar-refractivity contribution is 7.91. The summed E-state index contributed by atoms with van der Waals surface area (Å²) < 4.78 is 37.1. The van der Waals surface area contributed by atoms with E-state index in [4.69, 9.17) is 8.94 Å². The van der Waals surface area contributed by atoms with Crippen LogP contribution >= 0.6 is 0 Å². The van der Waals surface area contributed by atoms with Gasteiger partial charge in [-0.15, -0.1) is 10.2 Å². The molecule has 142 valence electrons. The van der Waals surface area contributed by atoms with Gasteiger partial charge in [0.2, 0.25) is 20.8 Å². The van der Waals surface area contributed by atoms with Gasteiger partial charge in [0.05, 0.1) is 11.5 Å². The number of nitrogens with zero attached hydrogens (tertiary/aromatic N) is 5. The van der Waals surface area contributed by atoms with Gasteiger partial charge in [-0.25, -0.2) is 8.42 Å². The van der Waals surface area contributed by atoms with Gasteiger partial charge < -0.3 is 18.4 Å². The van der Waals surface area contributed by atoms with Crippen molar-refractivity contribution < 1.29 is 22.2 Å². The van der Waals surface area contributed by atoms with E-state index >= 15 is 0 Å². The van der Waals surface area contributed by atoms with Crippen LogP contribution in [0.5, 0.6) is 0 Å². The molecular formula is C16H17N5O5S. The third-order valence-electron chi connectivity index (χ3n) is 4.59. The molecule has 0 unspecified atom stereocenters. The molecule has 27 heavy (non-hydrogen) atoms. The zero-order chi connectivity index (χ0) is 19.0. The van der Waals surface area contributed by atoms with Crippen LogP contribution in [-0.2, 0) is 16.9 Å². The van der Waals surface area contributed by atoms with E-state index in [1.807, 2.05) is 0 Å². The van der Waals surface area contributed by atoms with E-state index in [0.29, 0.717) is 37.5 Å². The summed E-state index contributed by atoms with van der Waals surface area (Å²) in [6, 6.07) is 4.93. The summed E-state index contributed by atoms with van der Waals surface area (Å²) in [7, 11) is -1.99. The lowest BCUT2D eigenvalue weighted by Gasteiger charge is -2.30.